The molecule has 0 bridgehead atoms. The fourth-order valence-electron chi connectivity index (χ4n) is 1.63. The zero-order chi connectivity index (χ0) is 16.3. The molecule has 0 fully saturated rings. The molecule has 1 aromatic carbocycles. The van der Waals surface area contributed by atoms with Gasteiger partial charge in [-0.2, -0.15) is 4.68 Å². The number of anilines is 1. The normalized spacial score (nSPS) is 10.2. The summed E-state index contributed by atoms with van der Waals surface area (Å²) in [6.45, 7) is -0.326. The molecule has 0 aliphatic rings. The largest absolute Gasteiger partial charge is 0.389 e. The quantitative estimate of drug-likeness (QED) is 0.660. The standard InChI is InChI=1S/C11H8ClN5O5/c12-7-1-2-8(9(5-7)16(19)20)13-11(18)6-15-4-3-10(14-15)17(21)22/h1-5H,6H2,(H,13,18). The summed E-state index contributed by atoms with van der Waals surface area (Å²) in [5.41, 5.74) is -0.381. The number of aromatic nitrogens is 2. The van der Waals surface area contributed by atoms with Gasteiger partial charge in [0.25, 0.3) is 5.69 Å². The predicted octanol–water partition coefficient (Wildman–Crippen LogP) is 1.99. The monoisotopic (exact) mass is 325 g/mol. The minimum absolute atomic E-state index is 0.0268. The van der Waals surface area contributed by atoms with Crippen molar-refractivity contribution in [1.29, 1.82) is 0 Å². The fourth-order valence-corrected chi connectivity index (χ4v) is 1.80. The van der Waals surface area contributed by atoms with E-state index in [0.29, 0.717) is 0 Å². The summed E-state index contributed by atoms with van der Waals surface area (Å²) >= 11 is 5.66. The second-order valence-corrected chi connectivity index (χ2v) is 4.53. The molecule has 1 heterocycles. The first-order chi connectivity index (χ1) is 10.4. The van der Waals surface area contributed by atoms with Gasteiger partial charge in [-0.1, -0.05) is 11.6 Å². The third-order valence-electron chi connectivity index (χ3n) is 2.55. The Morgan fingerprint density at radius 2 is 2.00 bits per heavy atom. The molecule has 0 spiro atoms. The van der Waals surface area contributed by atoms with Crippen LogP contribution in [0.4, 0.5) is 17.2 Å². The molecule has 1 amide bonds. The number of nitrogens with zero attached hydrogens (tertiary/aromatic N) is 4. The maximum absolute atomic E-state index is 11.8. The highest BCUT2D eigenvalue weighted by atomic mass is 35.5. The van der Waals surface area contributed by atoms with E-state index >= 15 is 0 Å². The Bertz CT molecular complexity index is 759. The van der Waals surface area contributed by atoms with E-state index in [1.54, 1.807) is 0 Å². The van der Waals surface area contributed by atoms with Crippen LogP contribution in [0.3, 0.4) is 0 Å². The zero-order valence-corrected chi connectivity index (χ0v) is 11.6. The lowest BCUT2D eigenvalue weighted by atomic mass is 10.2. The van der Waals surface area contributed by atoms with E-state index in [0.717, 1.165) is 16.8 Å². The van der Waals surface area contributed by atoms with Crippen LogP contribution in [0.1, 0.15) is 0 Å². The molecular weight excluding hydrogens is 318 g/mol. The SMILES string of the molecule is O=C(Cn1ccc([N+](=O)[O-])n1)Nc1ccc(Cl)cc1[N+](=O)[O-]. The summed E-state index contributed by atoms with van der Waals surface area (Å²) in [5.74, 6) is -1.02. The number of carbonyl (C=O) groups excluding carboxylic acids is 1. The summed E-state index contributed by atoms with van der Waals surface area (Å²) in [5, 5.41) is 27.4. The molecule has 0 atom stereocenters. The summed E-state index contributed by atoms with van der Waals surface area (Å²) in [7, 11) is 0. The lowest BCUT2D eigenvalue weighted by Gasteiger charge is -2.05. The zero-order valence-electron chi connectivity index (χ0n) is 10.8. The van der Waals surface area contributed by atoms with Crippen LogP contribution in [-0.2, 0) is 11.3 Å². The number of amides is 1. The van der Waals surface area contributed by atoms with Crippen molar-refractivity contribution in [1.82, 2.24) is 9.78 Å². The van der Waals surface area contributed by atoms with Crippen molar-refractivity contribution in [2.45, 2.75) is 6.54 Å². The van der Waals surface area contributed by atoms with Gasteiger partial charge in [0.05, 0.1) is 22.3 Å². The number of nitro benzene ring substituents is 1. The van der Waals surface area contributed by atoms with Gasteiger partial charge in [0.2, 0.25) is 5.91 Å². The van der Waals surface area contributed by atoms with E-state index in [1.165, 1.54) is 18.3 Å². The topological polar surface area (TPSA) is 133 Å². The van der Waals surface area contributed by atoms with Crippen molar-refractivity contribution in [3.8, 4) is 0 Å². The Morgan fingerprint density at radius 1 is 1.27 bits per heavy atom. The first kappa shape index (κ1) is 15.4. The molecule has 0 aliphatic carbocycles. The molecule has 0 saturated heterocycles. The molecule has 10 nitrogen and oxygen atoms in total. The van der Waals surface area contributed by atoms with E-state index < -0.39 is 21.6 Å². The van der Waals surface area contributed by atoms with Crippen molar-refractivity contribution >= 4 is 34.7 Å². The van der Waals surface area contributed by atoms with Crippen LogP contribution in [0.5, 0.6) is 0 Å². The average Bonchev–Trinajstić information content (AvgIpc) is 2.89. The summed E-state index contributed by atoms with van der Waals surface area (Å²) in [6, 6.07) is 4.93. The van der Waals surface area contributed by atoms with Gasteiger partial charge >= 0.3 is 5.82 Å². The number of hydrogen-bond acceptors (Lipinski definition) is 6. The van der Waals surface area contributed by atoms with Gasteiger partial charge in [-0.25, -0.2) is 0 Å². The van der Waals surface area contributed by atoms with Gasteiger partial charge in [-0.15, -0.1) is 0 Å². The van der Waals surface area contributed by atoms with Crippen LogP contribution in [0.15, 0.2) is 30.5 Å². The lowest BCUT2D eigenvalue weighted by molar-refractivity contribution is -0.389. The van der Waals surface area contributed by atoms with Crippen molar-refractivity contribution in [3.05, 3.63) is 55.7 Å². The molecular formula is C11H8ClN5O5. The van der Waals surface area contributed by atoms with E-state index in [1.807, 2.05) is 0 Å². The second kappa shape index (κ2) is 6.18. The first-order valence-electron chi connectivity index (χ1n) is 5.78. The van der Waals surface area contributed by atoms with Gasteiger partial charge in [0.15, 0.2) is 0 Å². The molecule has 2 aromatic rings. The fraction of sp³-hybridized carbons (Fsp3) is 0.0909. The van der Waals surface area contributed by atoms with Gasteiger partial charge in [0, 0.05) is 11.1 Å². The van der Waals surface area contributed by atoms with E-state index in [-0.39, 0.29) is 22.9 Å². The van der Waals surface area contributed by atoms with Crippen LogP contribution >= 0.6 is 11.6 Å². The third-order valence-corrected chi connectivity index (χ3v) is 2.78. The maximum Gasteiger partial charge on any atom is 0.389 e. The molecule has 1 aromatic heterocycles. The van der Waals surface area contributed by atoms with Crippen LogP contribution in [0.25, 0.3) is 0 Å². The highest BCUT2D eigenvalue weighted by Gasteiger charge is 2.18. The Morgan fingerprint density at radius 3 is 2.59 bits per heavy atom. The highest BCUT2D eigenvalue weighted by Crippen LogP contribution is 2.27. The number of carbonyl (C=O) groups is 1. The minimum atomic E-state index is -0.696. The summed E-state index contributed by atoms with van der Waals surface area (Å²) in [4.78, 5) is 31.8. The Balaban J connectivity index is 2.12. The third kappa shape index (κ3) is 3.55. The molecule has 0 radical (unpaired) electrons. The summed E-state index contributed by atoms with van der Waals surface area (Å²) in [6.07, 6.45) is 1.26. The molecule has 114 valence electrons. The first-order valence-corrected chi connectivity index (χ1v) is 6.16. The number of halogens is 1. The van der Waals surface area contributed by atoms with Crippen LogP contribution in [0, 0.1) is 20.2 Å². The van der Waals surface area contributed by atoms with E-state index in [2.05, 4.69) is 10.4 Å². The van der Waals surface area contributed by atoms with Crippen LogP contribution in [-0.4, -0.2) is 25.5 Å². The van der Waals surface area contributed by atoms with Crippen molar-refractivity contribution in [2.75, 3.05) is 5.32 Å². The van der Waals surface area contributed by atoms with Crippen LogP contribution < -0.4 is 5.32 Å². The maximum atomic E-state index is 11.8. The molecule has 22 heavy (non-hydrogen) atoms. The number of nitrogens with one attached hydrogen (secondary N) is 1. The lowest BCUT2D eigenvalue weighted by Crippen LogP contribution is -2.19. The molecule has 0 saturated carbocycles. The minimum Gasteiger partial charge on any atom is -0.358 e. The van der Waals surface area contributed by atoms with Crippen molar-refractivity contribution in [3.63, 3.8) is 0 Å². The Hall–Kier alpha value is -3.01. The number of benzene rings is 1. The van der Waals surface area contributed by atoms with Crippen LogP contribution in [0.2, 0.25) is 5.02 Å². The average molecular weight is 326 g/mol. The Kier molecular flexibility index (Phi) is 4.32. The predicted molar refractivity (Wildman–Crippen MR) is 75.6 cm³/mol. The smallest absolute Gasteiger partial charge is 0.358 e. The molecule has 1 N–H and O–H groups in total. The van der Waals surface area contributed by atoms with Crippen molar-refractivity contribution in [2.24, 2.45) is 0 Å². The van der Waals surface area contributed by atoms with Gasteiger partial charge in [-0.05, 0) is 17.1 Å². The second-order valence-electron chi connectivity index (χ2n) is 4.10. The molecule has 2 rings (SSSR count). The number of hydrogen-bond donors (Lipinski definition) is 1. The highest BCUT2D eigenvalue weighted by molar-refractivity contribution is 6.31. The van der Waals surface area contributed by atoms with Gasteiger partial charge in [-0.3, -0.25) is 14.9 Å². The van der Waals surface area contributed by atoms with E-state index in [4.69, 9.17) is 11.6 Å². The van der Waals surface area contributed by atoms with Gasteiger partial charge in [0.1, 0.15) is 12.2 Å². The number of nitro groups is 2. The van der Waals surface area contributed by atoms with Crippen molar-refractivity contribution < 1.29 is 14.6 Å². The molecule has 11 heteroatoms. The van der Waals surface area contributed by atoms with E-state index in [9.17, 15) is 25.0 Å². The number of rotatable bonds is 5. The Labute approximate surface area is 127 Å². The molecule has 0 unspecified atom stereocenters. The molecule has 0 aliphatic heterocycles. The summed E-state index contributed by atoms with van der Waals surface area (Å²) < 4.78 is 1.05. The van der Waals surface area contributed by atoms with Gasteiger partial charge < -0.3 is 15.4 Å².